The molecule has 0 aliphatic heterocycles. The Morgan fingerprint density at radius 1 is 0.944 bits per heavy atom. The Morgan fingerprint density at radius 3 is 2.28 bits per heavy atom. The maximum atomic E-state index is 13.6. The molecule has 4 heteroatoms. The molecule has 0 aliphatic rings. The fourth-order valence-electron chi connectivity index (χ4n) is 1.65. The molecule has 0 saturated heterocycles. The fraction of sp³-hybridized carbons (Fsp3) is 0.143. The monoisotopic (exact) mass is 314 g/mol. The van der Waals surface area contributed by atoms with Crippen molar-refractivity contribution in [2.45, 2.75) is 11.8 Å². The van der Waals surface area contributed by atoms with E-state index in [4.69, 9.17) is 0 Å². The Balaban J connectivity index is 2.41. The number of halogens is 4. The lowest BCUT2D eigenvalue weighted by Crippen LogP contribution is -1.98. The van der Waals surface area contributed by atoms with E-state index in [2.05, 4.69) is 15.9 Å². The van der Waals surface area contributed by atoms with E-state index in [1.807, 2.05) is 0 Å². The van der Waals surface area contributed by atoms with Crippen molar-refractivity contribution in [3.05, 3.63) is 70.5 Å². The Bertz CT molecular complexity index is 581. The lowest BCUT2D eigenvalue weighted by molar-refractivity contribution is 0.574. The van der Waals surface area contributed by atoms with E-state index in [1.54, 1.807) is 19.1 Å². The molecule has 0 N–H and O–H groups in total. The third-order valence-electron chi connectivity index (χ3n) is 2.72. The van der Waals surface area contributed by atoms with Gasteiger partial charge in [-0.3, -0.25) is 0 Å². The lowest BCUT2D eigenvalue weighted by atomic mass is 10.0. The molecule has 2 aromatic carbocycles. The van der Waals surface area contributed by atoms with Crippen LogP contribution in [0.3, 0.4) is 0 Å². The molecular formula is C14H10BrF3. The number of hydrogen-bond acceptors (Lipinski definition) is 0. The quantitative estimate of drug-likeness (QED) is 0.692. The Kier molecular flexibility index (Phi) is 3.76. The van der Waals surface area contributed by atoms with E-state index in [-0.39, 0.29) is 11.4 Å². The van der Waals surface area contributed by atoms with Crippen LogP contribution in [-0.2, 0) is 0 Å². The van der Waals surface area contributed by atoms with E-state index < -0.39 is 16.5 Å². The summed E-state index contributed by atoms with van der Waals surface area (Å²) < 4.78 is 39.9. The van der Waals surface area contributed by atoms with Crippen molar-refractivity contribution in [3.63, 3.8) is 0 Å². The van der Waals surface area contributed by atoms with Gasteiger partial charge in [-0.2, -0.15) is 0 Å². The molecule has 0 fully saturated rings. The first-order chi connectivity index (χ1) is 8.49. The molecule has 2 rings (SSSR count). The van der Waals surface area contributed by atoms with Gasteiger partial charge in [-0.1, -0.05) is 34.1 Å². The summed E-state index contributed by atoms with van der Waals surface area (Å²) in [5.41, 5.74) is 1.39. The normalized spacial score (nSPS) is 12.5. The van der Waals surface area contributed by atoms with Gasteiger partial charge in [-0.25, -0.2) is 13.2 Å². The van der Waals surface area contributed by atoms with Gasteiger partial charge >= 0.3 is 0 Å². The largest absolute Gasteiger partial charge is 0.207 e. The molecule has 0 radical (unpaired) electrons. The Hall–Kier alpha value is -1.29. The summed E-state index contributed by atoms with van der Waals surface area (Å²) in [5, 5.41) is 0. The summed E-state index contributed by atoms with van der Waals surface area (Å²) in [4.78, 5) is -0.506. The van der Waals surface area contributed by atoms with Crippen LogP contribution in [0.2, 0.25) is 0 Å². The average molecular weight is 315 g/mol. The van der Waals surface area contributed by atoms with Crippen LogP contribution in [0.4, 0.5) is 13.2 Å². The zero-order valence-corrected chi connectivity index (χ0v) is 11.1. The highest BCUT2D eigenvalue weighted by molar-refractivity contribution is 9.09. The maximum absolute atomic E-state index is 13.6. The molecule has 0 nitrogen and oxygen atoms in total. The summed E-state index contributed by atoms with van der Waals surface area (Å²) in [6.45, 7) is 1.65. The molecule has 0 aromatic heterocycles. The molecule has 1 atom stereocenters. The predicted octanol–water partition coefficient (Wildman–Crippen LogP) is 4.90. The molecule has 0 spiro atoms. The first-order valence-electron chi connectivity index (χ1n) is 5.34. The standard InChI is InChI=1S/C14H10BrF3/c1-8-2-3-9(6-12(8)17)14(15)11-5-4-10(16)7-13(11)18/h2-7,14H,1H3. The molecule has 2 aromatic rings. The van der Waals surface area contributed by atoms with Gasteiger partial charge in [0.25, 0.3) is 0 Å². The van der Waals surface area contributed by atoms with Crippen molar-refractivity contribution in [2.75, 3.05) is 0 Å². The third kappa shape index (κ3) is 2.58. The summed E-state index contributed by atoms with van der Waals surface area (Å²) >= 11 is 3.30. The number of rotatable bonds is 2. The maximum Gasteiger partial charge on any atom is 0.130 e. The van der Waals surface area contributed by atoms with Crippen LogP contribution in [0.25, 0.3) is 0 Å². The van der Waals surface area contributed by atoms with Crippen molar-refractivity contribution in [3.8, 4) is 0 Å². The first-order valence-corrected chi connectivity index (χ1v) is 6.25. The van der Waals surface area contributed by atoms with Crippen LogP contribution in [-0.4, -0.2) is 0 Å². The molecule has 0 aliphatic carbocycles. The van der Waals surface area contributed by atoms with Crippen molar-refractivity contribution in [1.29, 1.82) is 0 Å². The molecule has 0 heterocycles. The van der Waals surface area contributed by atoms with Crippen molar-refractivity contribution >= 4 is 15.9 Å². The summed E-state index contributed by atoms with van der Waals surface area (Å²) in [7, 11) is 0. The molecule has 0 saturated carbocycles. The minimum absolute atomic E-state index is 0.277. The van der Waals surface area contributed by atoms with Crippen LogP contribution >= 0.6 is 15.9 Å². The van der Waals surface area contributed by atoms with Gasteiger partial charge in [-0.15, -0.1) is 0 Å². The van der Waals surface area contributed by atoms with Gasteiger partial charge < -0.3 is 0 Å². The molecule has 94 valence electrons. The minimum atomic E-state index is -0.655. The second-order valence-electron chi connectivity index (χ2n) is 4.04. The molecule has 1 unspecified atom stereocenters. The second kappa shape index (κ2) is 5.14. The average Bonchev–Trinajstić information content (AvgIpc) is 2.32. The van der Waals surface area contributed by atoms with E-state index >= 15 is 0 Å². The molecular weight excluding hydrogens is 305 g/mol. The minimum Gasteiger partial charge on any atom is -0.207 e. The van der Waals surface area contributed by atoms with Crippen LogP contribution in [0, 0.1) is 24.4 Å². The first kappa shape index (κ1) is 13.1. The fourth-order valence-corrected chi connectivity index (χ4v) is 2.31. The second-order valence-corrected chi connectivity index (χ2v) is 4.95. The number of benzene rings is 2. The van der Waals surface area contributed by atoms with Crippen molar-refractivity contribution < 1.29 is 13.2 Å². The van der Waals surface area contributed by atoms with E-state index in [0.717, 1.165) is 6.07 Å². The summed E-state index contributed by atoms with van der Waals surface area (Å²) in [6.07, 6.45) is 0. The van der Waals surface area contributed by atoms with Gasteiger partial charge in [0.05, 0.1) is 4.83 Å². The number of hydrogen-bond donors (Lipinski definition) is 0. The smallest absolute Gasteiger partial charge is 0.130 e. The highest BCUT2D eigenvalue weighted by atomic mass is 79.9. The highest BCUT2D eigenvalue weighted by Gasteiger charge is 2.16. The van der Waals surface area contributed by atoms with Gasteiger partial charge in [0.2, 0.25) is 0 Å². The van der Waals surface area contributed by atoms with Crippen LogP contribution in [0.15, 0.2) is 36.4 Å². The van der Waals surface area contributed by atoms with Crippen LogP contribution < -0.4 is 0 Å². The zero-order valence-electron chi connectivity index (χ0n) is 9.55. The summed E-state index contributed by atoms with van der Waals surface area (Å²) in [5.74, 6) is -1.64. The van der Waals surface area contributed by atoms with E-state index in [1.165, 1.54) is 18.2 Å². The van der Waals surface area contributed by atoms with Gasteiger partial charge in [0, 0.05) is 11.6 Å². The van der Waals surface area contributed by atoms with Gasteiger partial charge in [-0.05, 0) is 30.2 Å². The molecule has 0 bridgehead atoms. The zero-order chi connectivity index (χ0) is 13.3. The van der Waals surface area contributed by atoms with Gasteiger partial charge in [0.15, 0.2) is 0 Å². The Labute approximate surface area is 112 Å². The van der Waals surface area contributed by atoms with E-state index in [0.29, 0.717) is 11.1 Å². The van der Waals surface area contributed by atoms with Crippen molar-refractivity contribution in [1.82, 2.24) is 0 Å². The van der Waals surface area contributed by atoms with Crippen LogP contribution in [0.5, 0.6) is 0 Å². The number of alkyl halides is 1. The third-order valence-corrected chi connectivity index (χ3v) is 3.75. The topological polar surface area (TPSA) is 0 Å². The number of aryl methyl sites for hydroxylation is 1. The van der Waals surface area contributed by atoms with Crippen LogP contribution in [0.1, 0.15) is 21.5 Å². The highest BCUT2D eigenvalue weighted by Crippen LogP contribution is 2.33. The predicted molar refractivity (Wildman–Crippen MR) is 68.3 cm³/mol. The SMILES string of the molecule is Cc1ccc(C(Br)c2ccc(F)cc2F)cc1F. The lowest BCUT2D eigenvalue weighted by Gasteiger charge is -2.12. The van der Waals surface area contributed by atoms with Gasteiger partial charge in [0.1, 0.15) is 17.5 Å². The van der Waals surface area contributed by atoms with Crippen molar-refractivity contribution in [2.24, 2.45) is 0 Å². The molecule has 0 amide bonds. The van der Waals surface area contributed by atoms with E-state index in [9.17, 15) is 13.2 Å². The molecule has 18 heavy (non-hydrogen) atoms. The Morgan fingerprint density at radius 2 is 1.67 bits per heavy atom. The summed E-state index contributed by atoms with van der Waals surface area (Å²) in [6, 6.07) is 8.02.